The van der Waals surface area contributed by atoms with Gasteiger partial charge in [-0.25, -0.2) is 14.2 Å². The highest BCUT2D eigenvalue weighted by Gasteiger charge is 2.35. The SMILES string of the molecule is Cc1cc(CNC(=O)c2cc(C(=O)N[C@H]3CCc4c3ccc(C3NC(=O)NC3=O)c4C)n3ncnc3n2)ccc1F. The van der Waals surface area contributed by atoms with Gasteiger partial charge < -0.3 is 16.0 Å². The quantitative estimate of drug-likeness (QED) is 0.265. The molecule has 1 aliphatic heterocycles. The lowest BCUT2D eigenvalue weighted by molar-refractivity contribution is -0.120. The van der Waals surface area contributed by atoms with Gasteiger partial charge in [-0.2, -0.15) is 14.6 Å². The van der Waals surface area contributed by atoms with E-state index in [9.17, 15) is 23.6 Å². The van der Waals surface area contributed by atoms with E-state index >= 15 is 0 Å². The molecule has 2 aromatic heterocycles. The minimum atomic E-state index is -0.754. The predicted octanol–water partition coefficient (Wildman–Crippen LogP) is 2.11. The molecule has 0 spiro atoms. The van der Waals surface area contributed by atoms with Crippen molar-refractivity contribution in [2.45, 2.75) is 45.3 Å². The molecule has 4 aromatic rings. The first kappa shape index (κ1) is 26.0. The molecule has 12 nitrogen and oxygen atoms in total. The van der Waals surface area contributed by atoms with Crippen LogP contribution < -0.4 is 21.3 Å². The smallest absolute Gasteiger partial charge is 0.322 e. The summed E-state index contributed by atoms with van der Waals surface area (Å²) in [6, 6.07) is 7.98. The van der Waals surface area contributed by atoms with Crippen LogP contribution >= 0.6 is 0 Å². The average Bonchev–Trinajstić information content (AvgIpc) is 3.67. The number of aryl methyl sites for hydroxylation is 1. The van der Waals surface area contributed by atoms with Gasteiger partial charge in [-0.3, -0.25) is 19.7 Å². The second-order valence-corrected chi connectivity index (χ2v) is 10.1. The van der Waals surface area contributed by atoms with Crippen LogP contribution in [0.25, 0.3) is 5.78 Å². The summed E-state index contributed by atoms with van der Waals surface area (Å²) in [6.07, 6.45) is 2.55. The summed E-state index contributed by atoms with van der Waals surface area (Å²) in [4.78, 5) is 58.5. The average molecular weight is 557 g/mol. The van der Waals surface area contributed by atoms with Crippen LogP contribution in [-0.2, 0) is 17.8 Å². The van der Waals surface area contributed by atoms with Gasteiger partial charge in [0.15, 0.2) is 0 Å². The molecule has 1 unspecified atom stereocenters. The Kier molecular flexibility index (Phi) is 6.40. The second-order valence-electron chi connectivity index (χ2n) is 10.1. The number of imide groups is 1. The Labute approximate surface area is 232 Å². The molecule has 0 radical (unpaired) electrons. The molecule has 2 aliphatic rings. The zero-order chi connectivity index (χ0) is 28.8. The van der Waals surface area contributed by atoms with Crippen molar-refractivity contribution < 1.29 is 23.6 Å². The Balaban J connectivity index is 1.22. The highest BCUT2D eigenvalue weighted by molar-refractivity contribution is 6.04. The molecule has 0 bridgehead atoms. The highest BCUT2D eigenvalue weighted by Crippen LogP contribution is 2.36. The monoisotopic (exact) mass is 556 g/mol. The van der Waals surface area contributed by atoms with Crippen molar-refractivity contribution in [3.8, 4) is 0 Å². The van der Waals surface area contributed by atoms with Gasteiger partial charge in [-0.05, 0) is 66.1 Å². The minimum Gasteiger partial charge on any atom is -0.347 e. The molecule has 1 saturated heterocycles. The number of fused-ring (bicyclic) bond motifs is 2. The number of nitrogens with one attached hydrogen (secondary N) is 4. The fourth-order valence-corrected chi connectivity index (χ4v) is 5.41. The van der Waals surface area contributed by atoms with Crippen LogP contribution in [0.2, 0.25) is 0 Å². The number of carbonyl (C=O) groups is 4. The van der Waals surface area contributed by atoms with E-state index in [2.05, 4.69) is 36.3 Å². The van der Waals surface area contributed by atoms with Crippen molar-refractivity contribution in [1.82, 2.24) is 40.8 Å². The molecule has 1 aliphatic carbocycles. The van der Waals surface area contributed by atoms with E-state index in [1.54, 1.807) is 25.1 Å². The fourth-order valence-electron chi connectivity index (χ4n) is 5.41. The van der Waals surface area contributed by atoms with Crippen LogP contribution in [0.3, 0.4) is 0 Å². The van der Waals surface area contributed by atoms with Crippen LogP contribution in [0.5, 0.6) is 0 Å². The molecule has 3 heterocycles. The number of amides is 5. The van der Waals surface area contributed by atoms with Gasteiger partial charge in [-0.1, -0.05) is 24.3 Å². The highest BCUT2D eigenvalue weighted by atomic mass is 19.1. The van der Waals surface area contributed by atoms with Gasteiger partial charge in [0, 0.05) is 12.6 Å². The number of nitrogens with zero attached hydrogens (tertiary/aromatic N) is 4. The minimum absolute atomic E-state index is 0.0151. The molecule has 5 amide bonds. The summed E-state index contributed by atoms with van der Waals surface area (Å²) in [5, 5.41) is 14.8. The molecule has 13 heteroatoms. The van der Waals surface area contributed by atoms with Crippen molar-refractivity contribution >= 4 is 29.5 Å². The lowest BCUT2D eigenvalue weighted by Gasteiger charge is -2.18. The molecule has 4 N–H and O–H groups in total. The molecule has 41 heavy (non-hydrogen) atoms. The number of hydrogen-bond acceptors (Lipinski definition) is 7. The molecule has 208 valence electrons. The molecule has 0 saturated carbocycles. The first-order valence-corrected chi connectivity index (χ1v) is 13.0. The lowest BCUT2D eigenvalue weighted by Crippen LogP contribution is -2.31. The van der Waals surface area contributed by atoms with Crippen molar-refractivity contribution in [1.29, 1.82) is 0 Å². The molecule has 2 aromatic carbocycles. The van der Waals surface area contributed by atoms with Crippen molar-refractivity contribution in [2.24, 2.45) is 0 Å². The summed E-state index contributed by atoms with van der Waals surface area (Å²) in [6.45, 7) is 3.69. The van der Waals surface area contributed by atoms with E-state index < -0.39 is 29.8 Å². The van der Waals surface area contributed by atoms with Gasteiger partial charge in [0.25, 0.3) is 23.5 Å². The third-order valence-electron chi connectivity index (χ3n) is 7.52. The maximum atomic E-state index is 13.6. The van der Waals surface area contributed by atoms with E-state index in [4.69, 9.17) is 0 Å². The molecule has 2 atom stereocenters. The zero-order valence-electron chi connectivity index (χ0n) is 22.1. The van der Waals surface area contributed by atoms with Crippen molar-refractivity contribution in [3.63, 3.8) is 0 Å². The first-order valence-electron chi connectivity index (χ1n) is 13.0. The summed E-state index contributed by atoms with van der Waals surface area (Å²) in [5.41, 5.74) is 4.78. The predicted molar refractivity (Wildman–Crippen MR) is 142 cm³/mol. The molecule has 6 rings (SSSR count). The standard InChI is InChI=1S/C28H25FN8O4/c1-13-9-15(3-7-19(13)29)11-30-24(38)21-10-22(37-27(34-21)31-12-32-37)25(39)33-20-8-6-16-14(2)17(4-5-18(16)20)23-26(40)36-28(41)35-23/h3-5,7,9-10,12,20,23H,6,8,11H2,1-2H3,(H,30,38)(H,33,39)(H2,35,36,40,41)/t20-,23?/m0/s1. The Morgan fingerprint density at radius 2 is 1.90 bits per heavy atom. The van der Waals surface area contributed by atoms with Crippen LogP contribution in [0, 0.1) is 19.7 Å². The Hall–Kier alpha value is -5.20. The van der Waals surface area contributed by atoms with Crippen LogP contribution in [0.4, 0.5) is 9.18 Å². The Bertz CT molecular complexity index is 1770. The fraction of sp³-hybridized carbons (Fsp3) is 0.250. The second kappa shape index (κ2) is 10.1. The number of hydrogen-bond donors (Lipinski definition) is 4. The van der Waals surface area contributed by atoms with Gasteiger partial charge in [0.05, 0.1) is 6.04 Å². The van der Waals surface area contributed by atoms with Gasteiger partial charge in [-0.15, -0.1) is 0 Å². The number of urea groups is 1. The largest absolute Gasteiger partial charge is 0.347 e. The van der Waals surface area contributed by atoms with E-state index in [1.165, 1.54) is 23.0 Å². The normalized spacial score (nSPS) is 17.7. The Morgan fingerprint density at radius 3 is 2.66 bits per heavy atom. The third kappa shape index (κ3) is 4.75. The maximum Gasteiger partial charge on any atom is 0.322 e. The van der Waals surface area contributed by atoms with Crippen molar-refractivity contribution in [3.05, 3.63) is 93.3 Å². The van der Waals surface area contributed by atoms with E-state index in [0.717, 1.165) is 16.7 Å². The van der Waals surface area contributed by atoms with Crippen LogP contribution in [-0.4, -0.2) is 43.3 Å². The topological polar surface area (TPSA) is 159 Å². The first-order chi connectivity index (χ1) is 19.7. The van der Waals surface area contributed by atoms with Gasteiger partial charge in [0.2, 0.25) is 0 Å². The zero-order valence-corrected chi connectivity index (χ0v) is 22.1. The number of halogens is 1. The van der Waals surface area contributed by atoms with Gasteiger partial charge >= 0.3 is 6.03 Å². The number of benzene rings is 2. The summed E-state index contributed by atoms with van der Waals surface area (Å²) >= 11 is 0. The number of carbonyl (C=O) groups excluding carboxylic acids is 4. The lowest BCUT2D eigenvalue weighted by atomic mass is 9.93. The van der Waals surface area contributed by atoms with E-state index in [0.29, 0.717) is 29.5 Å². The molecular weight excluding hydrogens is 531 g/mol. The van der Waals surface area contributed by atoms with E-state index in [1.807, 2.05) is 13.0 Å². The summed E-state index contributed by atoms with van der Waals surface area (Å²) in [5.74, 6) is -1.63. The van der Waals surface area contributed by atoms with Crippen LogP contribution in [0.15, 0.2) is 42.7 Å². The number of aromatic nitrogens is 4. The summed E-state index contributed by atoms with van der Waals surface area (Å²) in [7, 11) is 0. The maximum absolute atomic E-state index is 13.6. The van der Waals surface area contributed by atoms with Gasteiger partial charge in [0.1, 0.15) is 29.6 Å². The number of rotatable bonds is 6. The molecular formula is C28H25FN8O4. The summed E-state index contributed by atoms with van der Waals surface area (Å²) < 4.78 is 14.8. The Morgan fingerprint density at radius 1 is 1.10 bits per heavy atom. The van der Waals surface area contributed by atoms with Crippen molar-refractivity contribution in [2.75, 3.05) is 0 Å². The van der Waals surface area contributed by atoms with E-state index in [-0.39, 0.29) is 35.6 Å². The molecule has 1 fully saturated rings. The third-order valence-corrected chi connectivity index (χ3v) is 7.52. The van der Waals surface area contributed by atoms with Crippen LogP contribution in [0.1, 0.15) is 72.9 Å².